The Bertz CT molecular complexity index is 447. The number of benzene rings is 1. The van der Waals surface area contributed by atoms with Crippen LogP contribution in [0.1, 0.15) is 33.3 Å². The van der Waals surface area contributed by atoms with Gasteiger partial charge in [-0.15, -0.1) is 0 Å². The maximum Gasteiger partial charge on any atom is 0.191 e. The maximum absolute atomic E-state index is 13.7. The fraction of sp³-hybridized carbons (Fsp3) is 0.533. The van der Waals surface area contributed by atoms with Gasteiger partial charge in [0, 0.05) is 12.6 Å². The van der Waals surface area contributed by atoms with Crippen molar-refractivity contribution in [3.63, 3.8) is 0 Å². The van der Waals surface area contributed by atoms with Crippen molar-refractivity contribution in [3.05, 3.63) is 29.6 Å². The molecule has 0 fully saturated rings. The number of rotatable bonds is 6. The Hall–Kier alpha value is -1.78. The number of nitrogens with zero attached hydrogens (tertiary/aromatic N) is 1. The van der Waals surface area contributed by atoms with E-state index in [-0.39, 0.29) is 11.6 Å². The lowest BCUT2D eigenvalue weighted by atomic mass is 10.2. The van der Waals surface area contributed by atoms with Crippen molar-refractivity contribution >= 4 is 5.96 Å². The highest BCUT2D eigenvalue weighted by Gasteiger charge is 2.05. The molecule has 1 aromatic carbocycles. The standard InChI is InChI=1S/C15H24FN3O/c1-5-17-15(19-11(3)4)18-10-12-7-8-14(20-6-2)13(16)9-12/h7-9,11H,5-6,10H2,1-4H3,(H2,17,18,19). The molecule has 2 N–H and O–H groups in total. The van der Waals surface area contributed by atoms with Crippen molar-refractivity contribution in [2.75, 3.05) is 13.2 Å². The molecule has 1 aromatic rings. The summed E-state index contributed by atoms with van der Waals surface area (Å²) in [6, 6.07) is 5.24. The number of halogens is 1. The second kappa shape index (κ2) is 8.40. The van der Waals surface area contributed by atoms with Crippen LogP contribution in [0.25, 0.3) is 0 Å². The van der Waals surface area contributed by atoms with Crippen LogP contribution in [-0.2, 0) is 6.54 Å². The van der Waals surface area contributed by atoms with Crippen LogP contribution in [0.5, 0.6) is 5.75 Å². The molecule has 0 aliphatic rings. The van der Waals surface area contributed by atoms with Gasteiger partial charge >= 0.3 is 0 Å². The van der Waals surface area contributed by atoms with Crippen molar-refractivity contribution < 1.29 is 9.13 Å². The van der Waals surface area contributed by atoms with E-state index in [4.69, 9.17) is 4.74 Å². The molecule has 0 aliphatic carbocycles. The van der Waals surface area contributed by atoms with E-state index in [1.54, 1.807) is 6.07 Å². The van der Waals surface area contributed by atoms with Crippen LogP contribution in [0.4, 0.5) is 4.39 Å². The zero-order chi connectivity index (χ0) is 15.0. The average Bonchev–Trinajstić information content (AvgIpc) is 2.39. The summed E-state index contributed by atoms with van der Waals surface area (Å²) in [5.74, 6) is 0.672. The minimum absolute atomic E-state index is 0.285. The summed E-state index contributed by atoms with van der Waals surface area (Å²) < 4.78 is 18.9. The van der Waals surface area contributed by atoms with Gasteiger partial charge in [-0.1, -0.05) is 6.07 Å². The summed E-state index contributed by atoms with van der Waals surface area (Å²) in [5, 5.41) is 6.37. The van der Waals surface area contributed by atoms with Gasteiger partial charge in [0.05, 0.1) is 13.2 Å². The molecule has 0 unspecified atom stereocenters. The molecule has 0 saturated carbocycles. The lowest BCUT2D eigenvalue weighted by molar-refractivity contribution is 0.321. The summed E-state index contributed by atoms with van der Waals surface area (Å²) in [7, 11) is 0. The normalized spacial score (nSPS) is 11.6. The van der Waals surface area contributed by atoms with Gasteiger partial charge in [0.2, 0.25) is 0 Å². The predicted molar refractivity (Wildman–Crippen MR) is 80.7 cm³/mol. The van der Waals surface area contributed by atoms with Crippen LogP contribution in [0, 0.1) is 5.82 Å². The summed E-state index contributed by atoms with van der Waals surface area (Å²) in [4.78, 5) is 4.43. The monoisotopic (exact) mass is 281 g/mol. The predicted octanol–water partition coefficient (Wildman–Crippen LogP) is 2.69. The zero-order valence-electron chi connectivity index (χ0n) is 12.7. The van der Waals surface area contributed by atoms with E-state index in [1.165, 1.54) is 6.07 Å². The summed E-state index contributed by atoms with van der Waals surface area (Å²) >= 11 is 0. The lowest BCUT2D eigenvalue weighted by Gasteiger charge is -2.14. The molecular weight excluding hydrogens is 257 g/mol. The molecule has 0 spiro atoms. The van der Waals surface area contributed by atoms with E-state index in [2.05, 4.69) is 15.6 Å². The molecule has 112 valence electrons. The van der Waals surface area contributed by atoms with Gasteiger partial charge in [-0.25, -0.2) is 9.38 Å². The van der Waals surface area contributed by atoms with E-state index < -0.39 is 0 Å². The van der Waals surface area contributed by atoms with Gasteiger partial charge in [-0.3, -0.25) is 0 Å². The highest BCUT2D eigenvalue weighted by molar-refractivity contribution is 5.79. The highest BCUT2D eigenvalue weighted by Crippen LogP contribution is 2.18. The van der Waals surface area contributed by atoms with Crippen molar-refractivity contribution in [1.82, 2.24) is 10.6 Å². The van der Waals surface area contributed by atoms with E-state index in [9.17, 15) is 4.39 Å². The first-order valence-electron chi connectivity index (χ1n) is 7.02. The average molecular weight is 281 g/mol. The molecule has 0 atom stereocenters. The molecule has 0 bridgehead atoms. The fourth-order valence-corrected chi connectivity index (χ4v) is 1.68. The van der Waals surface area contributed by atoms with Gasteiger partial charge in [0.1, 0.15) is 0 Å². The van der Waals surface area contributed by atoms with Crippen LogP contribution in [0.15, 0.2) is 23.2 Å². The Kier molecular flexibility index (Phi) is 6.84. The van der Waals surface area contributed by atoms with Crippen molar-refractivity contribution in [2.24, 2.45) is 4.99 Å². The summed E-state index contributed by atoms with van der Waals surface area (Å²) in [6.45, 7) is 9.59. The lowest BCUT2D eigenvalue weighted by Crippen LogP contribution is -2.40. The van der Waals surface area contributed by atoms with Crippen LogP contribution in [0.2, 0.25) is 0 Å². The van der Waals surface area contributed by atoms with Crippen LogP contribution in [0.3, 0.4) is 0 Å². The van der Waals surface area contributed by atoms with Gasteiger partial charge < -0.3 is 15.4 Å². The molecular formula is C15H24FN3O. The Morgan fingerprint density at radius 3 is 2.65 bits per heavy atom. The van der Waals surface area contributed by atoms with E-state index in [0.29, 0.717) is 19.2 Å². The van der Waals surface area contributed by atoms with E-state index in [1.807, 2.05) is 33.8 Å². The Morgan fingerprint density at radius 1 is 1.35 bits per heavy atom. The van der Waals surface area contributed by atoms with E-state index in [0.717, 1.165) is 18.1 Å². The smallest absolute Gasteiger partial charge is 0.191 e. The number of aliphatic imine (C=N–C) groups is 1. The molecule has 1 rings (SSSR count). The van der Waals surface area contributed by atoms with Gasteiger partial charge in [0.15, 0.2) is 17.5 Å². The third-order valence-electron chi connectivity index (χ3n) is 2.49. The molecule has 0 radical (unpaired) electrons. The number of hydrogen-bond donors (Lipinski definition) is 2. The Morgan fingerprint density at radius 2 is 2.10 bits per heavy atom. The molecule has 5 heteroatoms. The minimum Gasteiger partial charge on any atom is -0.491 e. The number of nitrogens with one attached hydrogen (secondary N) is 2. The molecule has 0 aromatic heterocycles. The maximum atomic E-state index is 13.7. The SMILES string of the molecule is CCNC(=NCc1ccc(OCC)c(F)c1)NC(C)C. The van der Waals surface area contributed by atoms with E-state index >= 15 is 0 Å². The number of ether oxygens (including phenoxy) is 1. The van der Waals surface area contributed by atoms with Crippen LogP contribution < -0.4 is 15.4 Å². The first-order valence-corrected chi connectivity index (χ1v) is 7.02. The largest absolute Gasteiger partial charge is 0.491 e. The molecule has 20 heavy (non-hydrogen) atoms. The minimum atomic E-state index is -0.346. The van der Waals surface area contributed by atoms with Crippen LogP contribution in [-0.4, -0.2) is 25.2 Å². The molecule has 0 aliphatic heterocycles. The summed E-state index contributed by atoms with van der Waals surface area (Å²) in [5.41, 5.74) is 0.812. The quantitative estimate of drug-likeness (QED) is 0.622. The molecule has 0 heterocycles. The Balaban J connectivity index is 2.73. The number of hydrogen-bond acceptors (Lipinski definition) is 2. The Labute approximate surface area is 120 Å². The fourth-order valence-electron chi connectivity index (χ4n) is 1.68. The molecule has 0 saturated heterocycles. The number of guanidine groups is 1. The first-order chi connectivity index (χ1) is 9.56. The third kappa shape index (κ3) is 5.47. The zero-order valence-corrected chi connectivity index (χ0v) is 12.7. The second-order valence-electron chi connectivity index (χ2n) is 4.69. The van der Waals surface area contributed by atoms with Crippen molar-refractivity contribution in [3.8, 4) is 5.75 Å². The van der Waals surface area contributed by atoms with Crippen molar-refractivity contribution in [1.29, 1.82) is 0 Å². The second-order valence-corrected chi connectivity index (χ2v) is 4.69. The van der Waals surface area contributed by atoms with Crippen molar-refractivity contribution in [2.45, 2.75) is 40.3 Å². The topological polar surface area (TPSA) is 45.7 Å². The summed E-state index contributed by atoms with van der Waals surface area (Å²) in [6.07, 6.45) is 0. The van der Waals surface area contributed by atoms with Gasteiger partial charge in [-0.05, 0) is 45.4 Å². The molecule has 0 amide bonds. The third-order valence-corrected chi connectivity index (χ3v) is 2.49. The van der Waals surface area contributed by atoms with Crippen LogP contribution >= 0.6 is 0 Å². The highest BCUT2D eigenvalue weighted by atomic mass is 19.1. The van der Waals surface area contributed by atoms with Gasteiger partial charge in [-0.2, -0.15) is 0 Å². The molecule has 4 nitrogen and oxygen atoms in total. The first kappa shape index (κ1) is 16.3. The van der Waals surface area contributed by atoms with Gasteiger partial charge in [0.25, 0.3) is 0 Å².